The topological polar surface area (TPSA) is 71.1 Å². The van der Waals surface area contributed by atoms with Crippen molar-refractivity contribution in [2.24, 2.45) is 17.8 Å². The van der Waals surface area contributed by atoms with Crippen molar-refractivity contribution in [2.75, 3.05) is 11.9 Å². The van der Waals surface area contributed by atoms with E-state index in [9.17, 15) is 9.59 Å². The lowest BCUT2D eigenvalue weighted by molar-refractivity contribution is -0.136. The van der Waals surface area contributed by atoms with Gasteiger partial charge in [-0.15, -0.1) is 11.3 Å². The third-order valence-electron chi connectivity index (χ3n) is 4.27. The lowest BCUT2D eigenvalue weighted by atomic mass is 9.89. The van der Waals surface area contributed by atoms with Crippen LogP contribution in [0.25, 0.3) is 0 Å². The van der Waals surface area contributed by atoms with Crippen LogP contribution in [-0.4, -0.2) is 23.3 Å². The average molecular weight is 279 g/mol. The van der Waals surface area contributed by atoms with Gasteiger partial charge < -0.3 is 5.32 Å². The van der Waals surface area contributed by atoms with Crippen molar-refractivity contribution in [3.63, 3.8) is 0 Å². The number of carbonyl (C=O) groups is 2. The number of aromatic nitrogens is 1. The summed E-state index contributed by atoms with van der Waals surface area (Å²) in [7, 11) is 0. The highest BCUT2D eigenvalue weighted by molar-refractivity contribution is 7.13. The lowest BCUT2D eigenvalue weighted by Crippen LogP contribution is -2.39. The molecule has 1 aromatic rings. The van der Waals surface area contributed by atoms with Crippen molar-refractivity contribution < 1.29 is 9.59 Å². The molecule has 2 saturated carbocycles. The van der Waals surface area contributed by atoms with Crippen LogP contribution < -0.4 is 10.6 Å². The molecular weight excluding hydrogens is 262 g/mol. The number of rotatable bonds is 3. The second kappa shape index (κ2) is 5.28. The van der Waals surface area contributed by atoms with E-state index in [-0.39, 0.29) is 0 Å². The number of carbonyl (C=O) groups excluding carboxylic acids is 2. The minimum absolute atomic E-state index is 0.458. The van der Waals surface area contributed by atoms with Gasteiger partial charge in [0, 0.05) is 18.1 Å². The van der Waals surface area contributed by atoms with Crippen LogP contribution in [0.5, 0.6) is 0 Å². The zero-order valence-corrected chi connectivity index (χ0v) is 11.4. The Morgan fingerprint density at radius 3 is 2.84 bits per heavy atom. The fourth-order valence-corrected chi connectivity index (χ4v) is 3.89. The maximum Gasteiger partial charge on any atom is 0.315 e. The van der Waals surface area contributed by atoms with Crippen LogP contribution in [-0.2, 0) is 9.59 Å². The second-order valence-electron chi connectivity index (χ2n) is 5.44. The Morgan fingerprint density at radius 2 is 2.21 bits per heavy atom. The molecule has 2 aliphatic carbocycles. The minimum atomic E-state index is -0.627. The smallest absolute Gasteiger partial charge is 0.315 e. The molecule has 0 radical (unpaired) electrons. The largest absolute Gasteiger partial charge is 0.348 e. The first kappa shape index (κ1) is 12.6. The van der Waals surface area contributed by atoms with E-state index in [1.165, 1.54) is 37.0 Å². The lowest BCUT2D eigenvalue weighted by Gasteiger charge is -2.21. The van der Waals surface area contributed by atoms with E-state index in [4.69, 9.17) is 0 Å². The van der Waals surface area contributed by atoms with E-state index in [0.717, 1.165) is 11.8 Å². The molecule has 2 N–H and O–H groups in total. The molecule has 3 atom stereocenters. The highest BCUT2D eigenvalue weighted by Gasteiger charge is 2.39. The molecule has 3 rings (SSSR count). The molecule has 0 spiro atoms. The fourth-order valence-electron chi connectivity index (χ4n) is 3.37. The average Bonchev–Trinajstić information content (AvgIpc) is 3.12. The van der Waals surface area contributed by atoms with E-state index in [1.54, 1.807) is 11.6 Å². The van der Waals surface area contributed by atoms with Gasteiger partial charge in [0.2, 0.25) is 0 Å². The molecule has 1 aromatic heterocycles. The highest BCUT2D eigenvalue weighted by Crippen LogP contribution is 2.47. The predicted octanol–water partition coefficient (Wildman–Crippen LogP) is 1.63. The molecule has 2 bridgehead atoms. The maximum absolute atomic E-state index is 11.7. The van der Waals surface area contributed by atoms with Crippen molar-refractivity contribution in [1.29, 1.82) is 0 Å². The van der Waals surface area contributed by atoms with Crippen molar-refractivity contribution >= 4 is 28.3 Å². The zero-order valence-electron chi connectivity index (χ0n) is 10.6. The van der Waals surface area contributed by atoms with Gasteiger partial charge in [-0.2, -0.15) is 0 Å². The number of nitrogens with zero attached hydrogens (tertiary/aromatic N) is 1. The molecule has 19 heavy (non-hydrogen) atoms. The Labute approximate surface area is 115 Å². The molecule has 5 nitrogen and oxygen atoms in total. The number of hydrogen-bond acceptors (Lipinski definition) is 4. The van der Waals surface area contributed by atoms with E-state index in [1.807, 2.05) is 0 Å². The number of fused-ring (bicyclic) bond motifs is 2. The molecule has 0 aromatic carbocycles. The summed E-state index contributed by atoms with van der Waals surface area (Å²) >= 11 is 1.30. The van der Waals surface area contributed by atoms with Gasteiger partial charge in [-0.25, -0.2) is 4.98 Å². The van der Waals surface area contributed by atoms with Crippen LogP contribution >= 0.6 is 11.3 Å². The van der Waals surface area contributed by atoms with E-state index < -0.39 is 11.8 Å². The monoisotopic (exact) mass is 279 g/mol. The Hall–Kier alpha value is -1.43. The number of thiazole rings is 1. The maximum atomic E-state index is 11.7. The van der Waals surface area contributed by atoms with Crippen LogP contribution in [0.15, 0.2) is 11.6 Å². The van der Waals surface area contributed by atoms with E-state index >= 15 is 0 Å². The number of hydrogen-bond donors (Lipinski definition) is 2. The molecule has 102 valence electrons. The third-order valence-corrected chi connectivity index (χ3v) is 4.96. The Kier molecular flexibility index (Phi) is 3.50. The van der Waals surface area contributed by atoms with Crippen LogP contribution in [0.4, 0.5) is 5.13 Å². The summed E-state index contributed by atoms with van der Waals surface area (Å²) in [4.78, 5) is 27.2. The molecule has 2 fully saturated rings. The highest BCUT2D eigenvalue weighted by atomic mass is 32.1. The third kappa shape index (κ3) is 2.78. The van der Waals surface area contributed by atoms with Gasteiger partial charge in [0.1, 0.15) is 0 Å². The summed E-state index contributed by atoms with van der Waals surface area (Å²) < 4.78 is 0. The van der Waals surface area contributed by atoms with Crippen molar-refractivity contribution in [3.05, 3.63) is 11.6 Å². The van der Waals surface area contributed by atoms with Crippen molar-refractivity contribution in [1.82, 2.24) is 10.3 Å². The van der Waals surface area contributed by atoms with Crippen molar-refractivity contribution in [2.45, 2.75) is 25.7 Å². The molecule has 0 saturated heterocycles. The first-order valence-corrected chi connectivity index (χ1v) is 7.59. The predicted molar refractivity (Wildman–Crippen MR) is 72.7 cm³/mol. The van der Waals surface area contributed by atoms with Gasteiger partial charge in [-0.1, -0.05) is 6.42 Å². The SMILES string of the molecule is O=C(NC[C@@H]1C[C@H]2CC[C@H]1C2)C(=O)Nc1nccs1. The number of amides is 2. The first-order chi connectivity index (χ1) is 9.22. The second-order valence-corrected chi connectivity index (χ2v) is 6.33. The van der Waals surface area contributed by atoms with Gasteiger partial charge in [-0.3, -0.25) is 14.9 Å². The summed E-state index contributed by atoms with van der Waals surface area (Å²) in [5, 5.41) is 7.45. The number of anilines is 1. The van der Waals surface area contributed by atoms with Gasteiger partial charge >= 0.3 is 11.8 Å². The summed E-state index contributed by atoms with van der Waals surface area (Å²) in [6, 6.07) is 0. The molecule has 0 aliphatic heterocycles. The van der Waals surface area contributed by atoms with Crippen LogP contribution in [0.2, 0.25) is 0 Å². The molecule has 6 heteroatoms. The number of nitrogens with one attached hydrogen (secondary N) is 2. The van der Waals surface area contributed by atoms with Crippen LogP contribution in [0.1, 0.15) is 25.7 Å². The molecular formula is C13H17N3O2S. The van der Waals surface area contributed by atoms with Gasteiger partial charge in [0.25, 0.3) is 0 Å². The Balaban J connectivity index is 1.45. The summed E-state index contributed by atoms with van der Waals surface area (Å²) in [6.07, 6.45) is 6.74. The van der Waals surface area contributed by atoms with Gasteiger partial charge in [0.05, 0.1) is 0 Å². The van der Waals surface area contributed by atoms with Crippen molar-refractivity contribution in [3.8, 4) is 0 Å². The van der Waals surface area contributed by atoms with Gasteiger partial charge in [-0.05, 0) is 37.0 Å². The van der Waals surface area contributed by atoms with Crippen LogP contribution in [0, 0.1) is 17.8 Å². The zero-order chi connectivity index (χ0) is 13.2. The van der Waals surface area contributed by atoms with E-state index in [0.29, 0.717) is 17.6 Å². The first-order valence-electron chi connectivity index (χ1n) is 6.71. The fraction of sp³-hybridized carbons (Fsp3) is 0.615. The molecule has 0 unspecified atom stereocenters. The molecule has 1 heterocycles. The molecule has 2 amide bonds. The van der Waals surface area contributed by atoms with Crippen LogP contribution in [0.3, 0.4) is 0 Å². The normalized spacial score (nSPS) is 28.3. The van der Waals surface area contributed by atoms with E-state index in [2.05, 4.69) is 15.6 Å². The summed E-state index contributed by atoms with van der Waals surface area (Å²) in [5.74, 6) is 0.995. The quantitative estimate of drug-likeness (QED) is 0.826. The van der Waals surface area contributed by atoms with Gasteiger partial charge in [0.15, 0.2) is 5.13 Å². The minimum Gasteiger partial charge on any atom is -0.348 e. The standard InChI is InChI=1S/C13H17N3O2S/c17-11(12(18)16-13-14-3-4-19-13)15-7-10-6-8-1-2-9(10)5-8/h3-4,8-10H,1-2,5-7H2,(H,15,17)(H,14,16,18)/t8-,9-,10-/m0/s1. The summed E-state index contributed by atoms with van der Waals surface area (Å²) in [6.45, 7) is 0.630. The summed E-state index contributed by atoms with van der Waals surface area (Å²) in [5.41, 5.74) is 0. The molecule has 2 aliphatic rings. The Morgan fingerprint density at radius 1 is 1.32 bits per heavy atom. The Bertz CT molecular complexity index is 474.